The van der Waals surface area contributed by atoms with Crippen molar-refractivity contribution < 1.29 is 17.6 Å². The monoisotopic (exact) mass is 348 g/mol. The molecule has 7 heteroatoms. The fourth-order valence-electron chi connectivity index (χ4n) is 2.83. The van der Waals surface area contributed by atoms with Gasteiger partial charge in [-0.2, -0.15) is 0 Å². The molecule has 0 bridgehead atoms. The molecule has 5 nitrogen and oxygen atoms in total. The van der Waals surface area contributed by atoms with Gasteiger partial charge >= 0.3 is 0 Å². The molecule has 2 aromatic rings. The van der Waals surface area contributed by atoms with Crippen LogP contribution in [-0.4, -0.2) is 21.4 Å². The van der Waals surface area contributed by atoms with Crippen LogP contribution < -0.4 is 9.62 Å². The summed E-state index contributed by atoms with van der Waals surface area (Å²) in [6.45, 7) is 1.92. The van der Waals surface area contributed by atoms with Gasteiger partial charge in [0.05, 0.1) is 0 Å². The van der Waals surface area contributed by atoms with Gasteiger partial charge in [0.15, 0.2) is 0 Å². The first-order chi connectivity index (χ1) is 11.3. The average Bonchev–Trinajstić information content (AvgIpc) is 2.52. The lowest BCUT2D eigenvalue weighted by molar-refractivity contribution is -0.119. The van der Waals surface area contributed by atoms with Crippen LogP contribution in [0.4, 0.5) is 15.8 Å². The number of rotatable bonds is 3. The number of nitrogens with zero attached hydrogens (tertiary/aromatic N) is 1. The number of halogens is 1. The smallest absolute Gasteiger partial charge is 0.264 e. The molecule has 0 aromatic heterocycles. The van der Waals surface area contributed by atoms with E-state index in [-0.39, 0.29) is 11.8 Å². The van der Waals surface area contributed by atoms with E-state index >= 15 is 0 Å². The third kappa shape index (κ3) is 2.87. The van der Waals surface area contributed by atoms with E-state index in [0.29, 0.717) is 12.1 Å². The summed E-state index contributed by atoms with van der Waals surface area (Å²) in [7, 11) is -2.33. The van der Waals surface area contributed by atoms with Gasteiger partial charge in [-0.3, -0.25) is 9.52 Å². The topological polar surface area (TPSA) is 66.5 Å². The molecule has 3 rings (SSSR count). The largest absolute Gasteiger partial charge is 0.315 e. The number of carbonyl (C=O) groups excluding carboxylic acids is 1. The van der Waals surface area contributed by atoms with E-state index in [0.717, 1.165) is 17.3 Å². The van der Waals surface area contributed by atoms with Crippen molar-refractivity contribution in [3.8, 4) is 0 Å². The molecule has 1 aliphatic heterocycles. The number of carbonyl (C=O) groups is 1. The summed E-state index contributed by atoms with van der Waals surface area (Å²) in [4.78, 5) is 13.0. The van der Waals surface area contributed by atoms with Crippen molar-refractivity contribution in [1.82, 2.24) is 0 Å². The first-order valence-electron chi connectivity index (χ1n) is 7.47. The number of sulfonamides is 1. The summed E-state index contributed by atoms with van der Waals surface area (Å²) in [5.41, 5.74) is 1.98. The predicted molar refractivity (Wildman–Crippen MR) is 90.1 cm³/mol. The number of nitrogens with one attached hydrogen (secondary N) is 1. The van der Waals surface area contributed by atoms with Crippen LogP contribution in [0, 0.1) is 5.82 Å². The van der Waals surface area contributed by atoms with Gasteiger partial charge in [0.1, 0.15) is 10.7 Å². The van der Waals surface area contributed by atoms with Gasteiger partial charge in [-0.05, 0) is 41.8 Å². The van der Waals surface area contributed by atoms with Crippen LogP contribution in [0.15, 0.2) is 47.4 Å². The third-order valence-electron chi connectivity index (χ3n) is 4.15. The van der Waals surface area contributed by atoms with Gasteiger partial charge in [0.2, 0.25) is 5.91 Å². The lowest BCUT2D eigenvalue weighted by Crippen LogP contribution is -2.32. The lowest BCUT2D eigenvalue weighted by atomic mass is 9.91. The van der Waals surface area contributed by atoms with E-state index in [1.807, 2.05) is 6.92 Å². The van der Waals surface area contributed by atoms with Crippen LogP contribution in [0.25, 0.3) is 0 Å². The highest BCUT2D eigenvalue weighted by atomic mass is 32.2. The van der Waals surface area contributed by atoms with Gasteiger partial charge in [-0.15, -0.1) is 0 Å². The van der Waals surface area contributed by atoms with Crippen LogP contribution >= 0.6 is 0 Å². The maximum absolute atomic E-state index is 13.8. The summed E-state index contributed by atoms with van der Waals surface area (Å²) in [6, 6.07) is 10.2. The number of benzene rings is 2. The Labute approximate surface area is 140 Å². The van der Waals surface area contributed by atoms with Crippen molar-refractivity contribution in [2.24, 2.45) is 0 Å². The Morgan fingerprint density at radius 2 is 1.92 bits per heavy atom. The van der Waals surface area contributed by atoms with Crippen molar-refractivity contribution in [3.05, 3.63) is 53.8 Å². The summed E-state index contributed by atoms with van der Waals surface area (Å²) >= 11 is 0. The predicted octanol–water partition coefficient (Wildman–Crippen LogP) is 3.10. The Morgan fingerprint density at radius 3 is 2.62 bits per heavy atom. The highest BCUT2D eigenvalue weighted by molar-refractivity contribution is 7.92. The van der Waals surface area contributed by atoms with Gasteiger partial charge < -0.3 is 4.90 Å². The zero-order valence-corrected chi connectivity index (χ0v) is 14.1. The fourth-order valence-corrected chi connectivity index (χ4v) is 3.96. The van der Waals surface area contributed by atoms with Crippen molar-refractivity contribution in [1.29, 1.82) is 0 Å². The standard InChI is InChI=1S/C17H17FN2O3S/c1-11-9-17(21)20(2)15-8-7-12(10-13(11)15)19-24(22,23)16-6-4-3-5-14(16)18/h3-8,10-11,19H,9H2,1-2H3. The number of hydrogen-bond acceptors (Lipinski definition) is 3. The second kappa shape index (κ2) is 5.90. The number of anilines is 2. The molecule has 0 radical (unpaired) electrons. The first kappa shape index (κ1) is 16.4. The van der Waals surface area contributed by atoms with Crippen LogP contribution in [-0.2, 0) is 14.8 Å². The second-order valence-electron chi connectivity index (χ2n) is 5.87. The molecule has 0 saturated heterocycles. The molecule has 0 aliphatic carbocycles. The summed E-state index contributed by atoms with van der Waals surface area (Å²) < 4.78 is 40.9. The minimum absolute atomic E-state index is 0.0124. The van der Waals surface area contributed by atoms with Crippen LogP contribution in [0.3, 0.4) is 0 Å². The van der Waals surface area contributed by atoms with E-state index in [1.165, 1.54) is 18.2 Å². The SMILES string of the molecule is CC1CC(=O)N(C)c2ccc(NS(=O)(=O)c3ccccc3F)cc21. The maximum atomic E-state index is 13.8. The normalized spacial score (nSPS) is 17.5. The summed E-state index contributed by atoms with van der Waals surface area (Å²) in [6.07, 6.45) is 0.368. The molecule has 126 valence electrons. The number of fused-ring (bicyclic) bond motifs is 1. The van der Waals surface area contributed by atoms with Crippen molar-refractivity contribution >= 4 is 27.3 Å². The molecule has 1 aliphatic rings. The quantitative estimate of drug-likeness (QED) is 0.927. The first-order valence-corrected chi connectivity index (χ1v) is 8.96. The molecule has 0 fully saturated rings. The van der Waals surface area contributed by atoms with E-state index < -0.39 is 20.7 Å². The molecule has 0 saturated carbocycles. The Bertz CT molecular complexity index is 912. The molecule has 0 spiro atoms. The average molecular weight is 348 g/mol. The van der Waals surface area contributed by atoms with Crippen molar-refractivity contribution in [3.63, 3.8) is 0 Å². The second-order valence-corrected chi connectivity index (χ2v) is 7.52. The van der Waals surface area contributed by atoms with E-state index in [9.17, 15) is 17.6 Å². The Hall–Kier alpha value is -2.41. The molecule has 2 aromatic carbocycles. The zero-order chi connectivity index (χ0) is 17.5. The van der Waals surface area contributed by atoms with Gasteiger partial charge in [0, 0.05) is 24.8 Å². The lowest BCUT2D eigenvalue weighted by Gasteiger charge is -2.30. The molecular formula is C17H17FN2O3S. The summed E-state index contributed by atoms with van der Waals surface area (Å²) in [5, 5.41) is 0. The highest BCUT2D eigenvalue weighted by Crippen LogP contribution is 2.37. The van der Waals surface area contributed by atoms with E-state index in [1.54, 1.807) is 30.1 Å². The van der Waals surface area contributed by atoms with Crippen molar-refractivity contribution in [2.45, 2.75) is 24.2 Å². The van der Waals surface area contributed by atoms with Crippen LogP contribution in [0.2, 0.25) is 0 Å². The molecule has 1 heterocycles. The number of hydrogen-bond donors (Lipinski definition) is 1. The summed E-state index contributed by atoms with van der Waals surface area (Å²) in [5.74, 6) is -0.794. The Morgan fingerprint density at radius 1 is 1.21 bits per heavy atom. The molecule has 1 unspecified atom stereocenters. The highest BCUT2D eigenvalue weighted by Gasteiger charge is 2.27. The Balaban J connectivity index is 1.96. The maximum Gasteiger partial charge on any atom is 0.264 e. The number of amides is 1. The molecule has 1 amide bonds. The van der Waals surface area contributed by atoms with Gasteiger partial charge in [-0.1, -0.05) is 19.1 Å². The van der Waals surface area contributed by atoms with Crippen molar-refractivity contribution in [2.75, 3.05) is 16.7 Å². The minimum atomic E-state index is -4.02. The molecule has 24 heavy (non-hydrogen) atoms. The van der Waals surface area contributed by atoms with E-state index in [4.69, 9.17) is 0 Å². The van der Waals surface area contributed by atoms with E-state index in [2.05, 4.69) is 4.72 Å². The molecular weight excluding hydrogens is 331 g/mol. The minimum Gasteiger partial charge on any atom is -0.315 e. The fraction of sp³-hybridized carbons (Fsp3) is 0.235. The van der Waals surface area contributed by atoms with Crippen LogP contribution in [0.1, 0.15) is 24.8 Å². The molecule has 1 atom stereocenters. The zero-order valence-electron chi connectivity index (χ0n) is 13.3. The third-order valence-corrected chi connectivity index (χ3v) is 5.57. The van der Waals surface area contributed by atoms with Gasteiger partial charge in [-0.25, -0.2) is 12.8 Å². The Kier molecular flexibility index (Phi) is 4.04. The van der Waals surface area contributed by atoms with Crippen LogP contribution in [0.5, 0.6) is 0 Å². The molecule has 1 N–H and O–H groups in total. The van der Waals surface area contributed by atoms with Gasteiger partial charge in [0.25, 0.3) is 10.0 Å².